The number of H-pyrrole nitrogens is 1. The first kappa shape index (κ1) is 32.6. The molecule has 8 heteroatoms. The van der Waals surface area contributed by atoms with E-state index < -0.39 is 34.1 Å². The van der Waals surface area contributed by atoms with E-state index in [0.29, 0.717) is 12.3 Å². The lowest BCUT2D eigenvalue weighted by Gasteiger charge is -2.66. The summed E-state index contributed by atoms with van der Waals surface area (Å²) in [5.74, 6) is 0.568. The number of nitrogens with one attached hydrogen (secondary N) is 1. The molecular weight excluding hydrogens is 630 g/mol. The Kier molecular flexibility index (Phi) is 6.09. The maximum absolute atomic E-state index is 14.3. The fourth-order valence-corrected chi connectivity index (χ4v) is 13.6. The number of aromatic nitrogens is 1. The summed E-state index contributed by atoms with van der Waals surface area (Å²) < 4.78 is 33.4. The molecule has 50 heavy (non-hydrogen) atoms. The molecule has 2 aromatic rings. The molecule has 2 saturated carbocycles. The number of benzene rings is 1. The van der Waals surface area contributed by atoms with Crippen molar-refractivity contribution in [2.24, 2.45) is 23.2 Å². The predicted octanol–water partition coefficient (Wildman–Crippen LogP) is 6.87. The molecule has 2 unspecified atom stereocenters. The van der Waals surface area contributed by atoms with Crippen molar-refractivity contribution in [3.8, 4) is 0 Å². The zero-order valence-electron chi connectivity index (χ0n) is 31.5. The Morgan fingerprint density at radius 2 is 1.64 bits per heavy atom. The zero-order chi connectivity index (χ0) is 35.3. The van der Waals surface area contributed by atoms with Gasteiger partial charge in [-0.3, -0.25) is 4.79 Å². The fraction of sp³-hybridized carbons (Fsp3) is 0.738. The molecule has 4 aliphatic carbocycles. The second kappa shape index (κ2) is 9.34. The van der Waals surface area contributed by atoms with E-state index in [1.54, 1.807) is 0 Å². The molecule has 12 atom stereocenters. The van der Waals surface area contributed by atoms with Crippen LogP contribution in [0.15, 0.2) is 23.8 Å². The number of epoxide rings is 1. The van der Waals surface area contributed by atoms with E-state index >= 15 is 0 Å². The number of fused-ring (bicyclic) bond motifs is 12. The molecule has 270 valence electrons. The van der Waals surface area contributed by atoms with Gasteiger partial charge in [-0.15, -0.1) is 0 Å². The fourth-order valence-electron chi connectivity index (χ4n) is 13.6. The molecule has 10 rings (SSSR count). The van der Waals surface area contributed by atoms with Gasteiger partial charge in [0, 0.05) is 38.9 Å². The van der Waals surface area contributed by atoms with Crippen LogP contribution >= 0.6 is 0 Å². The molecule has 0 amide bonds. The third-order valence-corrected chi connectivity index (χ3v) is 15.9. The van der Waals surface area contributed by atoms with Crippen LogP contribution in [-0.2, 0) is 41.9 Å². The van der Waals surface area contributed by atoms with E-state index in [-0.39, 0.29) is 53.1 Å². The minimum Gasteiger partial charge on any atom is -0.386 e. The van der Waals surface area contributed by atoms with Gasteiger partial charge in [0.05, 0.1) is 28.8 Å². The number of allylic oxidation sites excluding steroid dienone is 1. The molecule has 4 saturated heterocycles. The number of aromatic amines is 1. The molecule has 4 aliphatic heterocycles. The van der Waals surface area contributed by atoms with Gasteiger partial charge in [-0.2, -0.15) is 0 Å². The molecule has 8 nitrogen and oxygen atoms in total. The smallest absolute Gasteiger partial charge is 0.178 e. The van der Waals surface area contributed by atoms with Crippen LogP contribution in [0.25, 0.3) is 10.9 Å². The molecule has 5 heterocycles. The van der Waals surface area contributed by atoms with Gasteiger partial charge < -0.3 is 33.8 Å². The highest BCUT2D eigenvalue weighted by molar-refractivity contribution is 6.06. The molecular formula is C42H55NO7. The largest absolute Gasteiger partial charge is 0.386 e. The number of aliphatic hydroxyl groups is 1. The Morgan fingerprint density at radius 3 is 2.38 bits per heavy atom. The topological polar surface area (TPSA) is 103 Å². The van der Waals surface area contributed by atoms with E-state index in [9.17, 15) is 9.90 Å². The summed E-state index contributed by atoms with van der Waals surface area (Å²) in [6.45, 7) is 21.5. The standard InChI is InChI=1S/C42H55NO7/c1-20(2)17-28-47-32-34(38(7,8)48-28)46-27-14-15-39(9)40(10)21(13-16-41(39,45)42(27)35(32)49-42)18-24-29-23-19-25-30(37(5,6)50-36(25,3)4)31(44)22(23)11-12-26(29)43-33(24)40/h11-12,17,21,25,27-28,30,32,34-35,43,45H,13-16,18-19H2,1-10H3/t21?,25-,27?,28-,30+,32+,34-,35-,39+,40+,41-,42-/m0/s1. The summed E-state index contributed by atoms with van der Waals surface area (Å²) in [5, 5.41) is 14.7. The average Bonchev–Trinajstić information content (AvgIpc) is 3.51. The number of hydrogen-bond donors (Lipinski definition) is 2. The first-order valence-electron chi connectivity index (χ1n) is 19.3. The van der Waals surface area contributed by atoms with Gasteiger partial charge in [0.25, 0.3) is 0 Å². The van der Waals surface area contributed by atoms with E-state index in [0.717, 1.165) is 48.8 Å². The Bertz CT molecular complexity index is 1900. The Hall–Kier alpha value is -2.07. The monoisotopic (exact) mass is 685 g/mol. The van der Waals surface area contributed by atoms with Gasteiger partial charge in [0.2, 0.25) is 0 Å². The zero-order valence-corrected chi connectivity index (χ0v) is 31.5. The summed E-state index contributed by atoms with van der Waals surface area (Å²) >= 11 is 0. The number of ketones is 1. The normalized spacial score (nSPS) is 48.3. The van der Waals surface area contributed by atoms with Crippen molar-refractivity contribution in [3.63, 3.8) is 0 Å². The number of carbonyl (C=O) groups is 1. The van der Waals surface area contributed by atoms with Crippen LogP contribution in [0.4, 0.5) is 0 Å². The molecule has 2 N–H and O–H groups in total. The van der Waals surface area contributed by atoms with E-state index in [1.807, 2.05) is 6.08 Å². The first-order valence-corrected chi connectivity index (χ1v) is 19.3. The number of rotatable bonds is 1. The highest BCUT2D eigenvalue weighted by Crippen LogP contribution is 2.75. The average molecular weight is 686 g/mol. The maximum Gasteiger partial charge on any atom is 0.178 e. The lowest BCUT2D eigenvalue weighted by molar-refractivity contribution is -0.343. The molecule has 1 aromatic heterocycles. The second-order valence-corrected chi connectivity index (χ2v) is 19.6. The number of carbonyl (C=O) groups excluding carboxylic acids is 1. The van der Waals surface area contributed by atoms with Crippen molar-refractivity contribution in [2.75, 3.05) is 0 Å². The van der Waals surface area contributed by atoms with Crippen molar-refractivity contribution in [2.45, 2.75) is 172 Å². The molecule has 1 spiro atoms. The summed E-state index contributed by atoms with van der Waals surface area (Å²) in [4.78, 5) is 18.2. The lowest BCUT2D eigenvalue weighted by atomic mass is 9.40. The molecule has 0 bridgehead atoms. The summed E-state index contributed by atoms with van der Waals surface area (Å²) in [6.07, 6.45) is 5.41. The van der Waals surface area contributed by atoms with Crippen LogP contribution in [0.5, 0.6) is 0 Å². The van der Waals surface area contributed by atoms with Crippen molar-refractivity contribution in [3.05, 3.63) is 46.2 Å². The van der Waals surface area contributed by atoms with Gasteiger partial charge >= 0.3 is 0 Å². The molecule has 6 fully saturated rings. The molecule has 1 aromatic carbocycles. The van der Waals surface area contributed by atoms with Gasteiger partial charge in [-0.1, -0.05) is 19.4 Å². The Balaban J connectivity index is 1.07. The van der Waals surface area contributed by atoms with Gasteiger partial charge in [0.1, 0.15) is 23.9 Å². The van der Waals surface area contributed by atoms with Crippen molar-refractivity contribution < 1.29 is 33.6 Å². The third kappa shape index (κ3) is 3.54. The minimum absolute atomic E-state index is 0.123. The summed E-state index contributed by atoms with van der Waals surface area (Å²) in [7, 11) is 0. The summed E-state index contributed by atoms with van der Waals surface area (Å²) in [5.41, 5.74) is 2.69. The van der Waals surface area contributed by atoms with E-state index in [2.05, 4.69) is 86.4 Å². The quantitative estimate of drug-likeness (QED) is 0.250. The van der Waals surface area contributed by atoms with Crippen molar-refractivity contribution in [1.29, 1.82) is 0 Å². The molecule has 8 aliphatic rings. The second-order valence-electron chi connectivity index (χ2n) is 19.6. The van der Waals surface area contributed by atoms with Gasteiger partial charge in [-0.05, 0) is 129 Å². The van der Waals surface area contributed by atoms with E-state index in [4.69, 9.17) is 23.7 Å². The lowest BCUT2D eigenvalue weighted by Crippen LogP contribution is -2.77. The molecule has 0 radical (unpaired) electrons. The Morgan fingerprint density at radius 1 is 0.880 bits per heavy atom. The van der Waals surface area contributed by atoms with Crippen LogP contribution in [0.1, 0.15) is 122 Å². The predicted molar refractivity (Wildman–Crippen MR) is 188 cm³/mol. The van der Waals surface area contributed by atoms with Gasteiger partial charge in [-0.25, -0.2) is 0 Å². The van der Waals surface area contributed by atoms with Crippen LogP contribution in [0.2, 0.25) is 0 Å². The Labute approximate surface area is 296 Å². The maximum atomic E-state index is 14.3. The van der Waals surface area contributed by atoms with E-state index in [1.165, 1.54) is 22.2 Å². The number of Topliss-reactive ketones (excluding diaryl/α,β-unsaturated/α-hetero) is 1. The summed E-state index contributed by atoms with van der Waals surface area (Å²) in [6, 6.07) is 4.19. The minimum atomic E-state index is -1.11. The van der Waals surface area contributed by atoms with Crippen molar-refractivity contribution >= 4 is 16.7 Å². The van der Waals surface area contributed by atoms with Gasteiger partial charge in [0.15, 0.2) is 17.7 Å². The first-order chi connectivity index (χ1) is 23.3. The third-order valence-electron chi connectivity index (χ3n) is 15.9. The van der Waals surface area contributed by atoms with Crippen molar-refractivity contribution in [1.82, 2.24) is 4.98 Å². The van der Waals surface area contributed by atoms with Crippen LogP contribution in [0.3, 0.4) is 0 Å². The van der Waals surface area contributed by atoms with Crippen LogP contribution in [-0.4, -0.2) is 74.6 Å². The highest BCUT2D eigenvalue weighted by Gasteiger charge is 2.87. The number of hydrogen-bond acceptors (Lipinski definition) is 7. The highest BCUT2D eigenvalue weighted by atomic mass is 16.8. The SMILES string of the molecule is CC(C)=C[C@H]1O[C@@H]2[C@H](OC3CC[C@@]4(C)[C@@](O)(CCC5Cc6c([nH]c7ccc8c(c67)C[C@H]6[C@H](C8=O)C(C)(C)OC6(C)C)[C@@]54C)[C@]34O[C@@H]24)C(C)(C)O1. The van der Waals surface area contributed by atoms with Crippen LogP contribution in [0, 0.1) is 23.2 Å². The number of ether oxygens (including phenoxy) is 5. The van der Waals surface area contributed by atoms with Crippen LogP contribution < -0.4 is 0 Å².